The molecule has 2 heteroatoms. The van der Waals surface area contributed by atoms with E-state index >= 15 is 0 Å². The van der Waals surface area contributed by atoms with E-state index in [-0.39, 0.29) is 5.75 Å². The van der Waals surface area contributed by atoms with Crippen LogP contribution in [-0.2, 0) is 5.41 Å². The first-order chi connectivity index (χ1) is 8.64. The molecule has 1 nitrogen and oxygen atoms in total. The van der Waals surface area contributed by atoms with Gasteiger partial charge in [-0.25, -0.2) is 0 Å². The molecule has 0 aromatic heterocycles. The minimum Gasteiger partial charge on any atom is -0.508 e. The fourth-order valence-electron chi connectivity index (χ4n) is 5.37. The Labute approximate surface area is 113 Å². The molecule has 0 amide bonds. The highest BCUT2D eigenvalue weighted by Crippen LogP contribution is 2.61. The van der Waals surface area contributed by atoms with E-state index in [4.69, 9.17) is 11.6 Å². The van der Waals surface area contributed by atoms with E-state index in [0.29, 0.717) is 5.41 Å². The number of halogens is 1. The Bertz CT molecular complexity index is 459. The zero-order valence-electron chi connectivity index (χ0n) is 10.5. The number of phenols is 1. The molecule has 4 saturated carbocycles. The lowest BCUT2D eigenvalue weighted by molar-refractivity contribution is -0.00515. The Morgan fingerprint density at radius 2 is 1.56 bits per heavy atom. The molecule has 0 radical (unpaired) electrons. The monoisotopic (exact) mass is 262 g/mol. The molecule has 0 aliphatic heterocycles. The van der Waals surface area contributed by atoms with Gasteiger partial charge in [-0.1, -0.05) is 17.7 Å². The summed E-state index contributed by atoms with van der Waals surface area (Å²) in [5.74, 6) is 3.08. The molecule has 4 aliphatic carbocycles. The van der Waals surface area contributed by atoms with Gasteiger partial charge in [0.25, 0.3) is 0 Å². The predicted molar refractivity (Wildman–Crippen MR) is 73.0 cm³/mol. The van der Waals surface area contributed by atoms with Gasteiger partial charge in [-0.2, -0.15) is 0 Å². The van der Waals surface area contributed by atoms with Gasteiger partial charge in [-0.3, -0.25) is 0 Å². The summed E-state index contributed by atoms with van der Waals surface area (Å²) in [6.45, 7) is 0. The fourth-order valence-corrected chi connectivity index (χ4v) is 5.75. The molecule has 1 N–H and O–H groups in total. The van der Waals surface area contributed by atoms with Gasteiger partial charge in [0, 0.05) is 5.02 Å². The summed E-state index contributed by atoms with van der Waals surface area (Å²) in [5, 5.41) is 10.3. The molecule has 18 heavy (non-hydrogen) atoms. The van der Waals surface area contributed by atoms with Crippen molar-refractivity contribution in [3.8, 4) is 5.75 Å². The summed E-state index contributed by atoms with van der Waals surface area (Å²) in [6, 6.07) is 5.60. The number of benzene rings is 1. The highest BCUT2D eigenvalue weighted by Gasteiger charge is 2.52. The van der Waals surface area contributed by atoms with Crippen LogP contribution in [0.1, 0.15) is 44.1 Å². The minimum atomic E-state index is 0.286. The molecule has 0 unspecified atom stereocenters. The molecule has 4 fully saturated rings. The second-order valence-corrected chi connectivity index (χ2v) is 7.27. The van der Waals surface area contributed by atoms with Crippen molar-refractivity contribution in [1.82, 2.24) is 0 Å². The molecular formula is C16H19ClO. The maximum absolute atomic E-state index is 9.53. The van der Waals surface area contributed by atoms with Crippen LogP contribution in [0.3, 0.4) is 0 Å². The van der Waals surface area contributed by atoms with Crippen LogP contribution in [0, 0.1) is 17.8 Å². The first-order valence-electron chi connectivity index (χ1n) is 7.14. The van der Waals surface area contributed by atoms with Gasteiger partial charge in [-0.15, -0.1) is 0 Å². The summed E-state index contributed by atoms with van der Waals surface area (Å²) in [7, 11) is 0. The van der Waals surface area contributed by atoms with Crippen molar-refractivity contribution in [2.45, 2.75) is 43.9 Å². The topological polar surface area (TPSA) is 20.2 Å². The van der Waals surface area contributed by atoms with Crippen LogP contribution in [-0.4, -0.2) is 5.11 Å². The first kappa shape index (κ1) is 11.2. The molecular weight excluding hydrogens is 244 g/mol. The van der Waals surface area contributed by atoms with E-state index in [1.807, 2.05) is 0 Å². The van der Waals surface area contributed by atoms with Crippen LogP contribution in [0.2, 0.25) is 5.02 Å². The van der Waals surface area contributed by atoms with Crippen molar-refractivity contribution in [3.05, 3.63) is 28.8 Å². The lowest BCUT2D eigenvalue weighted by atomic mass is 9.48. The van der Waals surface area contributed by atoms with Crippen LogP contribution in [0.5, 0.6) is 5.75 Å². The van der Waals surface area contributed by atoms with Crippen molar-refractivity contribution in [3.63, 3.8) is 0 Å². The van der Waals surface area contributed by atoms with E-state index in [1.54, 1.807) is 12.1 Å². The van der Waals surface area contributed by atoms with Crippen LogP contribution < -0.4 is 0 Å². The number of hydrogen-bond acceptors (Lipinski definition) is 1. The van der Waals surface area contributed by atoms with Gasteiger partial charge >= 0.3 is 0 Å². The maximum Gasteiger partial charge on any atom is 0.117 e. The smallest absolute Gasteiger partial charge is 0.117 e. The SMILES string of the molecule is Oc1ccc(C23CC4CC(CC(C4)C2)C3)c(Cl)c1. The Hall–Kier alpha value is -0.690. The van der Waals surface area contributed by atoms with Crippen molar-refractivity contribution in [2.24, 2.45) is 17.8 Å². The van der Waals surface area contributed by atoms with E-state index in [2.05, 4.69) is 6.07 Å². The van der Waals surface area contributed by atoms with Crippen LogP contribution in [0.4, 0.5) is 0 Å². The highest BCUT2D eigenvalue weighted by atomic mass is 35.5. The van der Waals surface area contributed by atoms with E-state index in [9.17, 15) is 5.11 Å². The number of hydrogen-bond donors (Lipinski definition) is 1. The molecule has 0 atom stereocenters. The third-order valence-electron chi connectivity index (χ3n) is 5.56. The van der Waals surface area contributed by atoms with Gasteiger partial charge in [0.2, 0.25) is 0 Å². The lowest BCUT2D eigenvalue weighted by Gasteiger charge is -2.57. The van der Waals surface area contributed by atoms with Crippen LogP contribution in [0.25, 0.3) is 0 Å². The van der Waals surface area contributed by atoms with Crippen molar-refractivity contribution >= 4 is 11.6 Å². The zero-order chi connectivity index (χ0) is 12.3. The maximum atomic E-state index is 9.53. The molecule has 96 valence electrons. The number of rotatable bonds is 1. The molecule has 5 rings (SSSR count). The third kappa shape index (κ3) is 1.53. The number of phenolic OH excluding ortho intramolecular Hbond substituents is 1. The molecule has 4 bridgehead atoms. The fraction of sp³-hybridized carbons (Fsp3) is 0.625. The Morgan fingerprint density at radius 1 is 1.00 bits per heavy atom. The summed E-state index contributed by atoms with van der Waals surface area (Å²) in [6.07, 6.45) is 8.33. The van der Waals surface area contributed by atoms with E-state index < -0.39 is 0 Å². The minimum absolute atomic E-state index is 0.286. The molecule has 1 aromatic carbocycles. The quantitative estimate of drug-likeness (QED) is 0.789. The average molecular weight is 263 g/mol. The summed E-state index contributed by atoms with van der Waals surface area (Å²) in [4.78, 5) is 0. The molecule has 0 spiro atoms. The summed E-state index contributed by atoms with van der Waals surface area (Å²) < 4.78 is 0. The van der Waals surface area contributed by atoms with Crippen LogP contribution in [0.15, 0.2) is 18.2 Å². The molecule has 0 heterocycles. The highest BCUT2D eigenvalue weighted by molar-refractivity contribution is 6.31. The first-order valence-corrected chi connectivity index (χ1v) is 7.51. The second-order valence-electron chi connectivity index (χ2n) is 6.86. The standard InChI is InChI=1S/C16H19ClO/c17-15-6-13(18)1-2-14(15)16-7-10-3-11(8-16)5-12(4-10)9-16/h1-2,6,10-12,18H,3-5,7-9H2. The third-order valence-corrected chi connectivity index (χ3v) is 5.87. The van der Waals surface area contributed by atoms with E-state index in [1.165, 1.54) is 44.1 Å². The van der Waals surface area contributed by atoms with Gasteiger partial charge in [0.1, 0.15) is 5.75 Å². The van der Waals surface area contributed by atoms with Crippen molar-refractivity contribution in [2.75, 3.05) is 0 Å². The zero-order valence-corrected chi connectivity index (χ0v) is 11.3. The Kier molecular flexibility index (Phi) is 2.27. The predicted octanol–water partition coefficient (Wildman–Crippen LogP) is 4.51. The molecule has 4 aliphatic rings. The summed E-state index contributed by atoms with van der Waals surface area (Å²) in [5.41, 5.74) is 1.64. The van der Waals surface area contributed by atoms with Crippen LogP contribution >= 0.6 is 11.6 Å². The van der Waals surface area contributed by atoms with Gasteiger partial charge < -0.3 is 5.11 Å². The Morgan fingerprint density at radius 3 is 2.06 bits per heavy atom. The van der Waals surface area contributed by atoms with E-state index in [0.717, 1.165) is 22.8 Å². The lowest BCUT2D eigenvalue weighted by Crippen LogP contribution is -2.48. The Balaban J connectivity index is 1.79. The molecule has 0 saturated heterocycles. The average Bonchev–Trinajstić information content (AvgIpc) is 2.26. The van der Waals surface area contributed by atoms with Gasteiger partial charge in [-0.05, 0) is 79.4 Å². The van der Waals surface area contributed by atoms with Gasteiger partial charge in [0.15, 0.2) is 0 Å². The summed E-state index contributed by atoms with van der Waals surface area (Å²) >= 11 is 6.41. The van der Waals surface area contributed by atoms with Crippen molar-refractivity contribution in [1.29, 1.82) is 0 Å². The second kappa shape index (κ2) is 3.66. The number of aromatic hydroxyl groups is 1. The van der Waals surface area contributed by atoms with Gasteiger partial charge in [0.05, 0.1) is 0 Å². The normalized spacial score (nSPS) is 41.3. The molecule has 1 aromatic rings. The van der Waals surface area contributed by atoms with Crippen molar-refractivity contribution < 1.29 is 5.11 Å². The largest absolute Gasteiger partial charge is 0.508 e.